The summed E-state index contributed by atoms with van der Waals surface area (Å²) in [4.78, 5) is 10.1. The molecule has 4 heterocycles. The summed E-state index contributed by atoms with van der Waals surface area (Å²) in [6.45, 7) is 9.04. The second-order valence-electron chi connectivity index (χ2n) is 18.4. The van der Waals surface area contributed by atoms with E-state index in [9.17, 15) is 0 Å². The minimum absolute atomic E-state index is 0.202. The number of halogens is 1. The number of hydrogen-bond acceptors (Lipinski definition) is 6. The quantitative estimate of drug-likeness (QED) is 0.0310. The molecule has 0 aliphatic heterocycles. The first-order valence-electron chi connectivity index (χ1n) is 26.7. The third-order valence-electron chi connectivity index (χ3n) is 12.5. The van der Waals surface area contributed by atoms with Crippen molar-refractivity contribution >= 4 is 73.2 Å². The van der Waals surface area contributed by atoms with Crippen LogP contribution in [0.3, 0.4) is 0 Å². The molecule has 0 bridgehead atoms. The van der Waals surface area contributed by atoms with Crippen molar-refractivity contribution in [3.05, 3.63) is 121 Å². The highest BCUT2D eigenvalue weighted by atomic mass is 79.9. The summed E-state index contributed by atoms with van der Waals surface area (Å²) in [5.41, 5.74) is 4.01. The van der Waals surface area contributed by atoms with Crippen LogP contribution >= 0.6 is 61.3 Å². The molecule has 0 atom stereocenters. The first-order valence-corrected chi connectivity index (χ1v) is 30.7. The lowest BCUT2D eigenvalue weighted by Gasteiger charge is -2.04. The van der Waals surface area contributed by atoms with E-state index in [1.807, 2.05) is 45.3 Å². The number of rotatable bonds is 32. The number of hydrogen-bond donors (Lipinski definition) is 0. The summed E-state index contributed by atoms with van der Waals surface area (Å²) in [6, 6.07) is 35.7. The predicted molar refractivity (Wildman–Crippen MR) is 313 cm³/mol. The molecule has 0 aliphatic carbocycles. The molecule has 8 heteroatoms. The Balaban J connectivity index is 0.000000237. The maximum atomic E-state index is 5.29. The Morgan fingerprint density at radius 2 is 0.647 bits per heavy atom. The molecule has 6 rings (SSSR count). The Hall–Kier alpha value is -2.30. The van der Waals surface area contributed by atoms with Gasteiger partial charge in [0.2, 0.25) is 0 Å². The van der Waals surface area contributed by atoms with Gasteiger partial charge in [0.15, 0.2) is 0 Å². The van der Waals surface area contributed by atoms with Gasteiger partial charge in [0.05, 0.1) is 0 Å². The van der Waals surface area contributed by atoms with Crippen LogP contribution in [0.4, 0.5) is 0 Å². The molecule has 0 saturated carbocycles. The first-order chi connectivity index (χ1) is 33.4. The Morgan fingerprint density at radius 3 is 1.00 bits per heavy atom. The van der Waals surface area contributed by atoms with Crippen molar-refractivity contribution in [2.75, 3.05) is 14.2 Å². The van der Waals surface area contributed by atoms with Gasteiger partial charge in [-0.3, -0.25) is 0 Å². The van der Waals surface area contributed by atoms with Crippen LogP contribution in [0, 0.1) is 0 Å². The zero-order chi connectivity index (χ0) is 48.4. The van der Waals surface area contributed by atoms with Crippen molar-refractivity contribution in [2.45, 2.75) is 195 Å². The average molecular weight is 1060 g/mol. The van der Waals surface area contributed by atoms with Gasteiger partial charge in [-0.25, -0.2) is 0 Å². The molecule has 372 valence electrons. The van der Waals surface area contributed by atoms with Crippen molar-refractivity contribution < 1.29 is 9.31 Å². The zero-order valence-corrected chi connectivity index (χ0v) is 47.9. The highest BCUT2D eigenvalue weighted by molar-refractivity contribution is 9.10. The van der Waals surface area contributed by atoms with E-state index in [-0.39, 0.29) is 7.12 Å². The molecule has 2 nitrogen and oxygen atoms in total. The summed E-state index contributed by atoms with van der Waals surface area (Å²) >= 11 is 11.1. The summed E-state index contributed by atoms with van der Waals surface area (Å²) in [5, 5.41) is 0. The van der Waals surface area contributed by atoms with Crippen LogP contribution in [0.5, 0.6) is 0 Å². The zero-order valence-electron chi connectivity index (χ0n) is 43.0. The Morgan fingerprint density at radius 1 is 0.338 bits per heavy atom. The molecule has 0 spiro atoms. The van der Waals surface area contributed by atoms with Crippen molar-refractivity contribution in [2.24, 2.45) is 0 Å². The Labute approximate surface area is 440 Å². The van der Waals surface area contributed by atoms with E-state index in [1.165, 1.54) is 218 Å². The van der Waals surface area contributed by atoms with Crippen LogP contribution in [-0.4, -0.2) is 21.3 Å². The van der Waals surface area contributed by atoms with E-state index >= 15 is 0 Å². The fourth-order valence-corrected chi connectivity index (χ4v) is 13.1. The number of aryl methyl sites for hydroxylation is 4. The second-order valence-corrected chi connectivity index (χ2v) is 24.0. The van der Waals surface area contributed by atoms with Crippen LogP contribution in [0.2, 0.25) is 0 Å². The first kappa shape index (κ1) is 58.3. The average Bonchev–Trinajstić information content (AvgIpc) is 4.21. The molecule has 68 heavy (non-hydrogen) atoms. The Bertz CT molecular complexity index is 2110. The molecule has 0 unspecified atom stereocenters. The van der Waals surface area contributed by atoms with E-state index in [0.717, 1.165) is 4.47 Å². The van der Waals surface area contributed by atoms with Gasteiger partial charge in [0.1, 0.15) is 0 Å². The van der Waals surface area contributed by atoms with Crippen molar-refractivity contribution in [3.63, 3.8) is 0 Å². The van der Waals surface area contributed by atoms with Crippen LogP contribution in [0.15, 0.2) is 102 Å². The highest BCUT2D eigenvalue weighted by Gasteiger charge is 2.20. The van der Waals surface area contributed by atoms with Gasteiger partial charge in [-0.2, -0.15) is 0 Å². The lowest BCUT2D eigenvalue weighted by atomic mass is 9.88. The Kier molecular flexibility index (Phi) is 31.4. The molecule has 4 aromatic heterocycles. The van der Waals surface area contributed by atoms with Crippen LogP contribution in [0.25, 0.3) is 31.3 Å². The summed E-state index contributed by atoms with van der Waals surface area (Å²) in [7, 11) is 3.18. The van der Waals surface area contributed by atoms with E-state index in [0.29, 0.717) is 0 Å². The molecular formula is C60H86BBrO2S4. The highest BCUT2D eigenvalue weighted by Crippen LogP contribution is 2.34. The van der Waals surface area contributed by atoms with Gasteiger partial charge >= 0.3 is 7.12 Å². The lowest BCUT2D eigenvalue weighted by molar-refractivity contribution is 0.292. The molecule has 0 amide bonds. The number of unbranched alkanes of at least 4 members (excludes halogenated alkanes) is 18. The SMILES string of the molecule is CCCCCCCCCCCCc1ccc(-c2ccc(-c3ccc(CCC)s3)cc2)s1.CCCCCCCCCCCCc1ccc(B(OC)OC)s1.CCCc1ccc(-c2ccc(Br)cc2)s1. The van der Waals surface area contributed by atoms with Crippen molar-refractivity contribution in [3.8, 4) is 31.3 Å². The topological polar surface area (TPSA) is 18.5 Å². The van der Waals surface area contributed by atoms with Gasteiger partial charge in [-0.05, 0) is 110 Å². The van der Waals surface area contributed by atoms with Gasteiger partial charge in [-0.15, -0.1) is 45.3 Å². The molecule has 6 aromatic rings. The van der Waals surface area contributed by atoms with E-state index in [4.69, 9.17) is 9.31 Å². The second kappa shape index (κ2) is 36.6. The maximum absolute atomic E-state index is 5.29. The molecule has 0 saturated heterocycles. The van der Waals surface area contributed by atoms with E-state index in [2.05, 4.69) is 141 Å². The summed E-state index contributed by atoms with van der Waals surface area (Å²) in [6.07, 6.45) is 35.3. The van der Waals surface area contributed by atoms with E-state index in [1.54, 1.807) is 19.1 Å². The van der Waals surface area contributed by atoms with Gasteiger partial charge in [0.25, 0.3) is 0 Å². The molecule has 0 aliphatic rings. The largest absolute Gasteiger partial charge is 0.504 e. The van der Waals surface area contributed by atoms with Crippen LogP contribution in [0.1, 0.15) is 188 Å². The van der Waals surface area contributed by atoms with Crippen LogP contribution < -0.4 is 4.78 Å². The van der Waals surface area contributed by atoms with E-state index < -0.39 is 0 Å². The summed E-state index contributed by atoms with van der Waals surface area (Å²) < 4.78 is 12.9. The van der Waals surface area contributed by atoms with Gasteiger partial charge < -0.3 is 9.31 Å². The maximum Gasteiger partial charge on any atom is 0.504 e. The third kappa shape index (κ3) is 23.3. The third-order valence-corrected chi connectivity index (χ3v) is 17.7. The fourth-order valence-electron chi connectivity index (χ4n) is 8.47. The number of thiophene rings is 4. The standard InChI is InChI=1S/C29H40S2.C18H33BO2S.C13H13BrS/c1-3-5-6-7-8-9-10-11-12-13-15-27-21-23-29(31-27)25-18-16-24(17-19-25)28-22-20-26(30-28)14-4-2;1-4-5-6-7-8-9-10-11-12-13-14-17-15-16-18(22-17)19(20-2)21-3;1-2-3-12-8-9-13(15-12)10-4-6-11(14)7-5-10/h16-23H,3-15H2,1-2H3;15-16H,4-14H2,1-3H3;4-9H,2-3H2,1H3. The molecule has 2 aromatic carbocycles. The van der Waals surface area contributed by atoms with Crippen molar-refractivity contribution in [1.29, 1.82) is 0 Å². The minimum atomic E-state index is -0.202. The molecule has 0 fully saturated rings. The normalized spacial score (nSPS) is 11.0. The molecule has 0 radical (unpaired) electrons. The summed E-state index contributed by atoms with van der Waals surface area (Å²) in [5.74, 6) is 0. The lowest BCUT2D eigenvalue weighted by Crippen LogP contribution is -2.32. The minimum Gasteiger partial charge on any atom is -0.410 e. The van der Waals surface area contributed by atoms with Gasteiger partial charge in [-0.1, -0.05) is 215 Å². The van der Waals surface area contributed by atoms with Crippen LogP contribution in [-0.2, 0) is 35.0 Å². The number of benzene rings is 2. The fraction of sp³-hybridized carbons (Fsp3) is 0.533. The predicted octanol–water partition coefficient (Wildman–Crippen LogP) is 20.9. The van der Waals surface area contributed by atoms with Gasteiger partial charge in [0, 0.05) is 57.6 Å². The molecule has 0 N–H and O–H groups in total. The van der Waals surface area contributed by atoms with Crippen molar-refractivity contribution in [1.82, 2.24) is 0 Å². The molecular weight excluding hydrogens is 972 g/mol. The monoisotopic (exact) mass is 1060 g/mol. The smallest absolute Gasteiger partial charge is 0.410 e.